The Morgan fingerprint density at radius 3 is 2.60 bits per heavy atom. The molecule has 1 aromatic heterocycles. The Kier molecular flexibility index (Phi) is 5.83. The monoisotopic (exact) mass is 141 g/mol. The summed E-state index contributed by atoms with van der Waals surface area (Å²) in [5, 5.41) is 3.57. The summed E-state index contributed by atoms with van der Waals surface area (Å²) < 4.78 is 4.62. The zero-order chi connectivity index (χ0) is 7.82. The van der Waals surface area contributed by atoms with E-state index in [0.29, 0.717) is 0 Å². The summed E-state index contributed by atoms with van der Waals surface area (Å²) >= 11 is 0. The van der Waals surface area contributed by atoms with Crippen molar-refractivity contribution < 1.29 is 4.52 Å². The molecule has 0 radical (unpaired) electrons. The summed E-state index contributed by atoms with van der Waals surface area (Å²) in [4.78, 5) is 0. The van der Waals surface area contributed by atoms with Crippen molar-refractivity contribution >= 4 is 0 Å². The van der Waals surface area contributed by atoms with Crippen LogP contribution in [0.1, 0.15) is 32.8 Å². The van der Waals surface area contributed by atoms with Crippen molar-refractivity contribution in [3.05, 3.63) is 18.0 Å². The first-order chi connectivity index (χ1) is 4.93. The van der Waals surface area contributed by atoms with E-state index in [1.54, 1.807) is 12.5 Å². The Balaban J connectivity index is 0.000000371. The van der Waals surface area contributed by atoms with Crippen molar-refractivity contribution in [2.45, 2.75) is 33.6 Å². The molecular formula is C8H15NO. The lowest BCUT2D eigenvalue weighted by molar-refractivity contribution is 0.419. The van der Waals surface area contributed by atoms with Gasteiger partial charge in [-0.2, -0.15) is 0 Å². The molecule has 0 aliphatic heterocycles. The second-order valence-electron chi connectivity index (χ2n) is 1.78. The lowest BCUT2D eigenvalue weighted by atomic mass is 10.2. The van der Waals surface area contributed by atoms with E-state index >= 15 is 0 Å². The highest BCUT2D eigenvalue weighted by molar-refractivity contribution is 4.99. The molecule has 0 unspecified atom stereocenters. The van der Waals surface area contributed by atoms with Crippen LogP contribution in [0.25, 0.3) is 0 Å². The highest BCUT2D eigenvalue weighted by Gasteiger charge is 1.89. The number of aromatic nitrogens is 1. The SMILES string of the molecule is CC.CCCc1cnoc1. The molecule has 0 saturated heterocycles. The molecular weight excluding hydrogens is 126 g/mol. The van der Waals surface area contributed by atoms with Crippen LogP contribution in [-0.4, -0.2) is 5.16 Å². The lowest BCUT2D eigenvalue weighted by Crippen LogP contribution is -1.74. The topological polar surface area (TPSA) is 26.0 Å². The normalized spacial score (nSPS) is 8.30. The van der Waals surface area contributed by atoms with E-state index in [1.165, 1.54) is 5.56 Å². The molecule has 0 bridgehead atoms. The first-order valence-corrected chi connectivity index (χ1v) is 3.81. The summed E-state index contributed by atoms with van der Waals surface area (Å²) in [7, 11) is 0. The van der Waals surface area contributed by atoms with Gasteiger partial charge in [0, 0.05) is 5.56 Å². The van der Waals surface area contributed by atoms with E-state index < -0.39 is 0 Å². The molecule has 0 atom stereocenters. The second-order valence-corrected chi connectivity index (χ2v) is 1.78. The van der Waals surface area contributed by atoms with Gasteiger partial charge in [0.1, 0.15) is 6.26 Å². The van der Waals surface area contributed by atoms with Crippen LogP contribution in [0.5, 0.6) is 0 Å². The van der Waals surface area contributed by atoms with Crippen LogP contribution in [0.3, 0.4) is 0 Å². The smallest absolute Gasteiger partial charge is 0.126 e. The first-order valence-electron chi connectivity index (χ1n) is 3.81. The molecule has 1 aromatic rings. The predicted octanol–water partition coefficient (Wildman–Crippen LogP) is 2.65. The number of hydrogen-bond donors (Lipinski definition) is 0. The van der Waals surface area contributed by atoms with Gasteiger partial charge in [-0.15, -0.1) is 0 Å². The minimum Gasteiger partial charge on any atom is -0.364 e. The Morgan fingerprint density at radius 1 is 1.50 bits per heavy atom. The highest BCUT2D eigenvalue weighted by Crippen LogP contribution is 1.98. The molecule has 0 aliphatic carbocycles. The molecule has 0 saturated carbocycles. The second kappa shape index (κ2) is 6.33. The fraction of sp³-hybridized carbons (Fsp3) is 0.625. The van der Waals surface area contributed by atoms with Crippen molar-refractivity contribution in [1.82, 2.24) is 5.16 Å². The summed E-state index contributed by atoms with van der Waals surface area (Å²) in [6, 6.07) is 0. The molecule has 2 heteroatoms. The van der Waals surface area contributed by atoms with Crippen LogP contribution >= 0.6 is 0 Å². The molecule has 1 heterocycles. The number of aryl methyl sites for hydroxylation is 1. The molecule has 0 amide bonds. The zero-order valence-electron chi connectivity index (χ0n) is 6.92. The van der Waals surface area contributed by atoms with E-state index in [1.807, 2.05) is 13.8 Å². The van der Waals surface area contributed by atoms with Crippen molar-refractivity contribution in [3.8, 4) is 0 Å². The van der Waals surface area contributed by atoms with Crippen LogP contribution in [0.4, 0.5) is 0 Å². The van der Waals surface area contributed by atoms with Gasteiger partial charge >= 0.3 is 0 Å². The zero-order valence-corrected chi connectivity index (χ0v) is 6.92. The maximum absolute atomic E-state index is 4.62. The summed E-state index contributed by atoms with van der Waals surface area (Å²) in [6.07, 6.45) is 5.66. The number of nitrogens with zero attached hydrogens (tertiary/aromatic N) is 1. The third kappa shape index (κ3) is 3.28. The molecule has 0 N–H and O–H groups in total. The maximum atomic E-state index is 4.62. The molecule has 1 rings (SSSR count). The van der Waals surface area contributed by atoms with E-state index in [-0.39, 0.29) is 0 Å². The molecule has 0 fully saturated rings. The molecule has 10 heavy (non-hydrogen) atoms. The molecule has 2 nitrogen and oxygen atoms in total. The average Bonchev–Trinajstić information content (AvgIpc) is 2.46. The van der Waals surface area contributed by atoms with Gasteiger partial charge in [0.15, 0.2) is 0 Å². The minimum absolute atomic E-state index is 1.07. The van der Waals surface area contributed by atoms with E-state index in [9.17, 15) is 0 Å². The van der Waals surface area contributed by atoms with Crippen molar-refractivity contribution in [2.24, 2.45) is 0 Å². The quantitative estimate of drug-likeness (QED) is 0.632. The summed E-state index contributed by atoms with van der Waals surface area (Å²) in [5.41, 5.74) is 1.19. The van der Waals surface area contributed by atoms with Gasteiger partial charge < -0.3 is 4.52 Å². The summed E-state index contributed by atoms with van der Waals surface area (Å²) in [5.74, 6) is 0. The minimum atomic E-state index is 1.07. The van der Waals surface area contributed by atoms with Crippen molar-refractivity contribution in [2.75, 3.05) is 0 Å². The van der Waals surface area contributed by atoms with Gasteiger partial charge in [-0.05, 0) is 6.42 Å². The van der Waals surface area contributed by atoms with E-state index in [0.717, 1.165) is 12.8 Å². The predicted molar refractivity (Wildman–Crippen MR) is 41.8 cm³/mol. The average molecular weight is 141 g/mol. The molecule has 0 spiro atoms. The van der Waals surface area contributed by atoms with E-state index in [4.69, 9.17) is 0 Å². The van der Waals surface area contributed by atoms with Gasteiger partial charge in [0.05, 0.1) is 6.20 Å². The Bertz CT molecular complexity index is 135. The fourth-order valence-corrected chi connectivity index (χ4v) is 0.639. The largest absolute Gasteiger partial charge is 0.364 e. The molecule has 58 valence electrons. The van der Waals surface area contributed by atoms with E-state index in [2.05, 4.69) is 16.6 Å². The van der Waals surface area contributed by atoms with Crippen LogP contribution < -0.4 is 0 Å². The molecule has 0 aliphatic rings. The Labute approximate surface area is 62.2 Å². The van der Waals surface area contributed by atoms with Crippen LogP contribution in [-0.2, 0) is 6.42 Å². The maximum Gasteiger partial charge on any atom is 0.126 e. The first kappa shape index (κ1) is 9.21. The van der Waals surface area contributed by atoms with Crippen molar-refractivity contribution in [1.29, 1.82) is 0 Å². The van der Waals surface area contributed by atoms with Crippen LogP contribution in [0, 0.1) is 0 Å². The Morgan fingerprint density at radius 2 is 2.20 bits per heavy atom. The highest BCUT2D eigenvalue weighted by atomic mass is 16.5. The fourth-order valence-electron chi connectivity index (χ4n) is 0.639. The standard InChI is InChI=1S/C6H9NO.C2H6/c1-2-3-6-4-7-8-5-6;1-2/h4-5H,2-3H2,1H3;1-2H3. The van der Waals surface area contributed by atoms with Crippen LogP contribution in [0.2, 0.25) is 0 Å². The lowest BCUT2D eigenvalue weighted by Gasteiger charge is -1.82. The third-order valence-electron chi connectivity index (χ3n) is 1.02. The Hall–Kier alpha value is -0.790. The van der Waals surface area contributed by atoms with Gasteiger partial charge in [0.25, 0.3) is 0 Å². The molecule has 0 aromatic carbocycles. The van der Waals surface area contributed by atoms with Crippen LogP contribution in [0.15, 0.2) is 17.0 Å². The third-order valence-corrected chi connectivity index (χ3v) is 1.02. The van der Waals surface area contributed by atoms with Gasteiger partial charge in [0.2, 0.25) is 0 Å². The summed E-state index contributed by atoms with van der Waals surface area (Å²) in [6.45, 7) is 6.13. The van der Waals surface area contributed by atoms with Gasteiger partial charge in [-0.3, -0.25) is 0 Å². The number of hydrogen-bond acceptors (Lipinski definition) is 2. The van der Waals surface area contributed by atoms with Gasteiger partial charge in [-0.25, -0.2) is 0 Å². The van der Waals surface area contributed by atoms with Gasteiger partial charge in [-0.1, -0.05) is 32.3 Å². The number of rotatable bonds is 2. The van der Waals surface area contributed by atoms with Crippen molar-refractivity contribution in [3.63, 3.8) is 0 Å².